The third kappa shape index (κ3) is 2.60. The van der Waals surface area contributed by atoms with Gasteiger partial charge in [-0.15, -0.1) is 0 Å². The molecule has 3 N–H and O–H groups in total. The second-order valence-electron chi connectivity index (χ2n) is 4.11. The Labute approximate surface area is 107 Å². The average Bonchev–Trinajstić information content (AvgIpc) is 2.40. The van der Waals surface area contributed by atoms with Crippen molar-refractivity contribution in [2.75, 3.05) is 16.9 Å². The minimum absolute atomic E-state index is 0.665. The molecular weight excluding hydrogens is 224 g/mol. The number of nitrogens with two attached hydrogens (primary N) is 1. The minimum atomic E-state index is 0.665. The monoisotopic (exact) mass is 242 g/mol. The predicted molar refractivity (Wildman–Crippen MR) is 75.9 cm³/mol. The summed E-state index contributed by atoms with van der Waals surface area (Å²) in [6.07, 6.45) is 0. The van der Waals surface area contributed by atoms with E-state index in [0.717, 1.165) is 18.1 Å². The number of nitrogen functional groups attached to an aromatic ring is 1. The van der Waals surface area contributed by atoms with Crippen LogP contribution in [0.3, 0.4) is 0 Å². The fraction of sp³-hybridized carbons (Fsp3) is 0.214. The number of benzene rings is 1. The lowest BCUT2D eigenvalue weighted by Gasteiger charge is -2.22. The first-order valence-corrected chi connectivity index (χ1v) is 6.02. The van der Waals surface area contributed by atoms with Crippen LogP contribution >= 0.6 is 0 Å². The summed E-state index contributed by atoms with van der Waals surface area (Å²) in [4.78, 5) is 6.60. The van der Waals surface area contributed by atoms with Gasteiger partial charge in [-0.25, -0.2) is 10.8 Å². The highest BCUT2D eigenvalue weighted by molar-refractivity contribution is 5.62. The molecule has 0 bridgehead atoms. The van der Waals surface area contributed by atoms with Gasteiger partial charge in [-0.05, 0) is 43.7 Å². The lowest BCUT2D eigenvalue weighted by molar-refractivity contribution is 0.987. The molecule has 18 heavy (non-hydrogen) atoms. The Kier molecular flexibility index (Phi) is 3.79. The lowest BCUT2D eigenvalue weighted by atomic mass is 10.2. The maximum atomic E-state index is 5.39. The van der Waals surface area contributed by atoms with E-state index < -0.39 is 0 Å². The molecule has 0 unspecified atom stereocenters. The van der Waals surface area contributed by atoms with Crippen LogP contribution in [0.1, 0.15) is 12.5 Å². The smallest absolute Gasteiger partial charge is 0.142 e. The fourth-order valence-corrected chi connectivity index (χ4v) is 1.93. The van der Waals surface area contributed by atoms with Crippen LogP contribution in [0.2, 0.25) is 0 Å². The van der Waals surface area contributed by atoms with Crippen molar-refractivity contribution in [3.63, 3.8) is 0 Å². The van der Waals surface area contributed by atoms with Gasteiger partial charge < -0.3 is 10.3 Å². The van der Waals surface area contributed by atoms with E-state index in [-0.39, 0.29) is 0 Å². The summed E-state index contributed by atoms with van der Waals surface area (Å²) in [6, 6.07) is 14.1. The van der Waals surface area contributed by atoms with Crippen LogP contribution in [-0.2, 0) is 0 Å². The summed E-state index contributed by atoms with van der Waals surface area (Å²) in [5, 5.41) is 0. The molecule has 0 aliphatic heterocycles. The molecule has 1 aromatic heterocycles. The van der Waals surface area contributed by atoms with E-state index in [4.69, 9.17) is 5.84 Å². The van der Waals surface area contributed by atoms with Crippen molar-refractivity contribution in [3.05, 3.63) is 48.0 Å². The Balaban J connectivity index is 2.38. The molecule has 2 aromatic rings. The number of hydrogen-bond donors (Lipinski definition) is 2. The summed E-state index contributed by atoms with van der Waals surface area (Å²) in [7, 11) is 0. The Morgan fingerprint density at radius 3 is 2.67 bits per heavy atom. The lowest BCUT2D eigenvalue weighted by Crippen LogP contribution is -2.18. The van der Waals surface area contributed by atoms with E-state index in [1.54, 1.807) is 0 Å². The normalized spacial score (nSPS) is 10.2. The van der Waals surface area contributed by atoms with Crippen LogP contribution in [0.15, 0.2) is 42.5 Å². The third-order valence-corrected chi connectivity index (χ3v) is 2.79. The molecule has 0 radical (unpaired) electrons. The number of hydrazine groups is 1. The maximum absolute atomic E-state index is 5.39. The largest absolute Gasteiger partial charge is 0.327 e. The van der Waals surface area contributed by atoms with Crippen LogP contribution in [0.25, 0.3) is 0 Å². The van der Waals surface area contributed by atoms with Crippen LogP contribution in [-0.4, -0.2) is 11.5 Å². The molecule has 0 aliphatic rings. The van der Waals surface area contributed by atoms with Crippen LogP contribution in [0.5, 0.6) is 0 Å². The van der Waals surface area contributed by atoms with Crippen LogP contribution in [0, 0.1) is 6.92 Å². The van der Waals surface area contributed by atoms with E-state index in [2.05, 4.69) is 53.4 Å². The highest BCUT2D eigenvalue weighted by Gasteiger charge is 2.08. The Morgan fingerprint density at radius 1 is 1.22 bits per heavy atom. The number of anilines is 3. The van der Waals surface area contributed by atoms with Crippen LogP contribution < -0.4 is 16.2 Å². The van der Waals surface area contributed by atoms with Gasteiger partial charge in [0.15, 0.2) is 0 Å². The molecule has 4 heteroatoms. The van der Waals surface area contributed by atoms with E-state index in [1.807, 2.05) is 18.2 Å². The molecule has 0 fully saturated rings. The van der Waals surface area contributed by atoms with Crippen molar-refractivity contribution in [1.29, 1.82) is 0 Å². The molecular formula is C14H18N4. The van der Waals surface area contributed by atoms with E-state index in [9.17, 15) is 0 Å². The summed E-state index contributed by atoms with van der Waals surface area (Å²) in [5.74, 6) is 6.95. The highest BCUT2D eigenvalue weighted by atomic mass is 15.3. The van der Waals surface area contributed by atoms with Gasteiger partial charge in [0.25, 0.3) is 0 Å². The number of nitrogens with one attached hydrogen (secondary N) is 1. The van der Waals surface area contributed by atoms with E-state index >= 15 is 0 Å². The van der Waals surface area contributed by atoms with Gasteiger partial charge in [-0.1, -0.05) is 18.2 Å². The average molecular weight is 242 g/mol. The van der Waals surface area contributed by atoms with Crippen molar-refractivity contribution in [3.8, 4) is 0 Å². The van der Waals surface area contributed by atoms with E-state index in [1.165, 1.54) is 5.56 Å². The van der Waals surface area contributed by atoms with Gasteiger partial charge in [0.05, 0.1) is 0 Å². The van der Waals surface area contributed by atoms with Crippen molar-refractivity contribution in [2.45, 2.75) is 13.8 Å². The first-order chi connectivity index (χ1) is 8.74. The molecule has 1 aromatic carbocycles. The summed E-state index contributed by atoms with van der Waals surface area (Å²) in [6.45, 7) is 5.04. The molecule has 1 heterocycles. The molecule has 0 saturated heterocycles. The molecule has 0 saturated carbocycles. The zero-order chi connectivity index (χ0) is 13.0. The van der Waals surface area contributed by atoms with Gasteiger partial charge in [0.1, 0.15) is 11.6 Å². The van der Waals surface area contributed by atoms with Gasteiger partial charge in [-0.3, -0.25) is 0 Å². The molecule has 94 valence electrons. The molecule has 0 atom stereocenters. The summed E-state index contributed by atoms with van der Waals surface area (Å²) >= 11 is 0. The third-order valence-electron chi connectivity index (χ3n) is 2.79. The topological polar surface area (TPSA) is 54.2 Å². The van der Waals surface area contributed by atoms with Crippen molar-refractivity contribution in [2.24, 2.45) is 5.84 Å². The van der Waals surface area contributed by atoms with Gasteiger partial charge in [0.2, 0.25) is 0 Å². The minimum Gasteiger partial charge on any atom is -0.327 e. The number of aryl methyl sites for hydroxylation is 1. The Hall–Kier alpha value is -2.07. The molecule has 0 aliphatic carbocycles. The van der Waals surface area contributed by atoms with Crippen molar-refractivity contribution in [1.82, 2.24) is 4.98 Å². The number of nitrogens with zero attached hydrogens (tertiary/aromatic N) is 2. The predicted octanol–water partition coefficient (Wildman–Crippen LogP) is 2.83. The number of hydrogen-bond acceptors (Lipinski definition) is 4. The zero-order valence-corrected chi connectivity index (χ0v) is 10.7. The number of rotatable bonds is 4. The van der Waals surface area contributed by atoms with Gasteiger partial charge >= 0.3 is 0 Å². The van der Waals surface area contributed by atoms with Crippen LogP contribution in [0.4, 0.5) is 17.3 Å². The van der Waals surface area contributed by atoms with E-state index in [0.29, 0.717) is 5.82 Å². The standard InChI is InChI=1S/C14H18N4/c1-3-18(12-7-4-6-11(2)10-12)14-9-5-8-13(16-14)17-15/h4-10H,3,15H2,1-2H3,(H,16,17). The number of aromatic nitrogens is 1. The molecule has 4 nitrogen and oxygen atoms in total. The Bertz CT molecular complexity index is 525. The second-order valence-corrected chi connectivity index (χ2v) is 4.11. The summed E-state index contributed by atoms with van der Waals surface area (Å²) < 4.78 is 0. The zero-order valence-electron chi connectivity index (χ0n) is 10.7. The van der Waals surface area contributed by atoms with Crippen molar-refractivity contribution < 1.29 is 0 Å². The number of pyridine rings is 1. The van der Waals surface area contributed by atoms with Gasteiger partial charge in [-0.2, -0.15) is 0 Å². The SMILES string of the molecule is CCN(c1cccc(C)c1)c1cccc(NN)n1. The highest BCUT2D eigenvalue weighted by Crippen LogP contribution is 2.24. The second kappa shape index (κ2) is 5.51. The summed E-state index contributed by atoms with van der Waals surface area (Å²) in [5.41, 5.74) is 4.94. The maximum Gasteiger partial charge on any atom is 0.142 e. The quantitative estimate of drug-likeness (QED) is 0.639. The fourth-order valence-electron chi connectivity index (χ4n) is 1.93. The van der Waals surface area contributed by atoms with Gasteiger partial charge in [0, 0.05) is 12.2 Å². The Morgan fingerprint density at radius 2 is 2.00 bits per heavy atom. The first kappa shape index (κ1) is 12.4. The molecule has 2 rings (SSSR count). The first-order valence-electron chi connectivity index (χ1n) is 6.02. The van der Waals surface area contributed by atoms with Crippen molar-refractivity contribution >= 4 is 17.3 Å². The molecule has 0 amide bonds. The molecule has 0 spiro atoms.